The smallest absolute Gasteiger partial charge is 0.311 e. The number of cyclic esters (lactones) is 1. The lowest BCUT2D eigenvalue weighted by Crippen LogP contribution is -2.61. The highest BCUT2D eigenvalue weighted by atomic mass is 16.7. The molecule has 14 atom stereocenters. The Morgan fingerprint density at radius 2 is 1.67 bits per heavy atom. The van der Waals surface area contributed by atoms with Crippen molar-refractivity contribution >= 4 is 17.7 Å². The largest absolute Gasteiger partial charge is 0.481 e. The van der Waals surface area contributed by atoms with E-state index in [4.69, 9.17) is 24.7 Å². The zero-order valence-corrected chi connectivity index (χ0v) is 31.5. The minimum Gasteiger partial charge on any atom is -0.481 e. The predicted molar refractivity (Wildman–Crippen MR) is 195 cm³/mol. The van der Waals surface area contributed by atoms with E-state index in [1.54, 1.807) is 56.4 Å². The first-order valence-corrected chi connectivity index (χ1v) is 19.1. The number of ketones is 1. The highest BCUT2D eigenvalue weighted by Gasteiger charge is 2.50. The standard InChI is InChI=1S/C39H61NO14/c1-4-14-26-17-11-9-7-6-8-10-12-18-27(53-38-35(46)33(40)34(45)23(3)51-38)20-31-32(36(47)48)30(44)22-39(50,54-31)21-25(42)16-13-15-24(41)19-29(43)28(5-2)37(49)52-26/h6-12,18,23,25-35,38,42-46,50H,4-5,13-17,19-22,40H2,1-3H3,(H,47,48)/b7-6+,10-8+,11-9+,18-12+/t23-,25+,26+,27+,28+,29-,30+,31+,32-,33+,34-,35+,38+,39-/m1/s1. The SMILES string of the molecule is CCC[C@H]1C/C=C/C=C/C=C/C=C/[C@H](O[C@@H]2O[C@H](C)[C@@H](O)[C@H](N)[C@@H]2O)C[C@@H]2O[C@](O)(C[C@@H](O)CCCC(=O)C[C@@H](O)[C@H](CC)C(=O)O1)C[C@H](O)[C@H]2C(=O)O. The number of nitrogens with two attached hydrogens (primary N) is 1. The molecule has 306 valence electrons. The molecule has 3 aliphatic heterocycles. The van der Waals surface area contributed by atoms with Crippen molar-refractivity contribution in [3.8, 4) is 0 Å². The number of esters is 1. The molecule has 15 heteroatoms. The third-order valence-corrected chi connectivity index (χ3v) is 10.2. The Morgan fingerprint density at radius 3 is 2.33 bits per heavy atom. The predicted octanol–water partition coefficient (Wildman–Crippen LogP) is 1.70. The molecular weight excluding hydrogens is 706 g/mol. The van der Waals surface area contributed by atoms with Crippen molar-refractivity contribution in [3.05, 3.63) is 48.6 Å². The van der Waals surface area contributed by atoms with Crippen LogP contribution in [0.3, 0.4) is 0 Å². The van der Waals surface area contributed by atoms with Gasteiger partial charge in [0.15, 0.2) is 12.1 Å². The summed E-state index contributed by atoms with van der Waals surface area (Å²) < 4.78 is 23.4. The molecule has 0 aromatic heterocycles. The average molecular weight is 768 g/mol. The minimum atomic E-state index is -2.15. The van der Waals surface area contributed by atoms with Crippen LogP contribution in [0.2, 0.25) is 0 Å². The van der Waals surface area contributed by atoms with Crippen LogP contribution in [0.5, 0.6) is 0 Å². The molecule has 3 aliphatic rings. The average Bonchev–Trinajstić information content (AvgIpc) is 3.08. The van der Waals surface area contributed by atoms with Gasteiger partial charge in [0.05, 0.1) is 54.7 Å². The Kier molecular flexibility index (Phi) is 18.6. The van der Waals surface area contributed by atoms with E-state index >= 15 is 0 Å². The molecule has 0 spiro atoms. The van der Waals surface area contributed by atoms with E-state index < -0.39 is 110 Å². The lowest BCUT2D eigenvalue weighted by molar-refractivity contribution is -0.308. The van der Waals surface area contributed by atoms with Crippen LogP contribution in [-0.2, 0) is 33.3 Å². The van der Waals surface area contributed by atoms with Crippen LogP contribution < -0.4 is 5.73 Å². The van der Waals surface area contributed by atoms with Gasteiger partial charge in [-0.3, -0.25) is 14.4 Å². The minimum absolute atomic E-state index is 0.0177. The highest BCUT2D eigenvalue weighted by Crippen LogP contribution is 2.38. The number of aliphatic carboxylic acids is 1. The molecule has 3 rings (SSSR count). The van der Waals surface area contributed by atoms with Gasteiger partial charge < -0.3 is 60.4 Å². The normalized spacial score (nSPS) is 42.3. The quantitative estimate of drug-likeness (QED) is 0.179. The number of allylic oxidation sites excluding steroid dienone is 6. The fourth-order valence-electron chi connectivity index (χ4n) is 7.15. The lowest BCUT2D eigenvalue weighted by Gasteiger charge is -2.45. The monoisotopic (exact) mass is 767 g/mol. The number of Topliss-reactive ketones (excluding diaryl/α,β-unsaturated/α-hetero) is 1. The van der Waals surface area contributed by atoms with Gasteiger partial charge in [-0.15, -0.1) is 0 Å². The third kappa shape index (κ3) is 13.7. The van der Waals surface area contributed by atoms with Crippen LogP contribution in [0.1, 0.15) is 91.4 Å². The maximum absolute atomic E-state index is 13.0. The number of hydrogen-bond donors (Lipinski definition) is 8. The molecule has 54 heavy (non-hydrogen) atoms. The fraction of sp³-hybridized carbons (Fsp3) is 0.718. The first-order chi connectivity index (χ1) is 25.6. The van der Waals surface area contributed by atoms with Crippen LogP contribution in [-0.4, -0.2) is 127 Å². The van der Waals surface area contributed by atoms with E-state index in [1.807, 2.05) is 13.0 Å². The molecule has 9 N–H and O–H groups in total. The van der Waals surface area contributed by atoms with Crippen molar-refractivity contribution < 1.29 is 69.1 Å². The van der Waals surface area contributed by atoms with Gasteiger partial charge in [0.2, 0.25) is 0 Å². The number of carbonyl (C=O) groups excluding carboxylic acids is 2. The van der Waals surface area contributed by atoms with Crippen molar-refractivity contribution in [3.63, 3.8) is 0 Å². The highest BCUT2D eigenvalue weighted by molar-refractivity contribution is 5.80. The maximum atomic E-state index is 13.0. The van der Waals surface area contributed by atoms with Gasteiger partial charge in [0.1, 0.15) is 23.9 Å². The van der Waals surface area contributed by atoms with E-state index in [-0.39, 0.29) is 44.3 Å². The molecule has 2 fully saturated rings. The topological polar surface area (TPSA) is 256 Å². The summed E-state index contributed by atoms with van der Waals surface area (Å²) in [5.74, 6) is -6.81. The van der Waals surface area contributed by atoms with E-state index in [2.05, 4.69) is 0 Å². The number of rotatable bonds is 6. The van der Waals surface area contributed by atoms with Crippen molar-refractivity contribution in [2.24, 2.45) is 17.6 Å². The molecule has 0 amide bonds. The summed E-state index contributed by atoms with van der Waals surface area (Å²) in [6, 6.07) is -1.10. The van der Waals surface area contributed by atoms with Gasteiger partial charge in [-0.25, -0.2) is 0 Å². The number of carboxylic acid groups (broad SMARTS) is 1. The number of aliphatic hydroxyl groups is 6. The van der Waals surface area contributed by atoms with Crippen LogP contribution in [0.4, 0.5) is 0 Å². The summed E-state index contributed by atoms with van der Waals surface area (Å²) in [4.78, 5) is 38.2. The number of hydrogen-bond acceptors (Lipinski definition) is 14. The third-order valence-electron chi connectivity index (χ3n) is 10.2. The molecule has 0 radical (unpaired) electrons. The molecule has 2 saturated heterocycles. The van der Waals surface area contributed by atoms with Crippen LogP contribution >= 0.6 is 0 Å². The van der Waals surface area contributed by atoms with Crippen LogP contribution in [0.15, 0.2) is 48.6 Å². The molecule has 15 nitrogen and oxygen atoms in total. The Bertz CT molecular complexity index is 1320. The molecule has 0 aliphatic carbocycles. The lowest BCUT2D eigenvalue weighted by atomic mass is 9.83. The second-order valence-electron chi connectivity index (χ2n) is 14.7. The number of aliphatic hydroxyl groups excluding tert-OH is 5. The van der Waals surface area contributed by atoms with E-state index in [1.165, 1.54) is 0 Å². The summed E-state index contributed by atoms with van der Waals surface area (Å²) in [5.41, 5.74) is 6.00. The van der Waals surface area contributed by atoms with Gasteiger partial charge in [0.25, 0.3) is 0 Å². The Hall–Kier alpha value is -2.83. The van der Waals surface area contributed by atoms with E-state index in [9.17, 15) is 50.1 Å². The second-order valence-corrected chi connectivity index (χ2v) is 14.7. The first kappa shape index (κ1) is 45.6. The number of ether oxygens (including phenoxy) is 4. The van der Waals surface area contributed by atoms with Gasteiger partial charge in [-0.1, -0.05) is 68.9 Å². The van der Waals surface area contributed by atoms with Crippen molar-refractivity contribution in [1.82, 2.24) is 0 Å². The number of carbonyl (C=O) groups is 3. The van der Waals surface area contributed by atoms with Gasteiger partial charge in [-0.05, 0) is 32.6 Å². The zero-order chi connectivity index (χ0) is 40.0. The summed E-state index contributed by atoms with van der Waals surface area (Å²) in [5, 5.41) is 75.1. The van der Waals surface area contributed by atoms with Gasteiger partial charge >= 0.3 is 11.9 Å². The first-order valence-electron chi connectivity index (χ1n) is 19.1. The van der Waals surface area contributed by atoms with Crippen LogP contribution in [0.25, 0.3) is 0 Å². The molecule has 3 heterocycles. The Labute approximate surface area is 317 Å². The zero-order valence-electron chi connectivity index (χ0n) is 31.5. The van der Waals surface area contributed by atoms with Gasteiger partial charge in [-0.2, -0.15) is 0 Å². The molecule has 0 unspecified atom stereocenters. The van der Waals surface area contributed by atoms with Crippen molar-refractivity contribution in [1.29, 1.82) is 0 Å². The molecular formula is C39H61NO14. The fourth-order valence-corrected chi connectivity index (χ4v) is 7.15. The van der Waals surface area contributed by atoms with E-state index in [0.717, 1.165) is 6.42 Å². The molecule has 0 aromatic carbocycles. The number of fused-ring (bicyclic) bond motifs is 2. The Morgan fingerprint density at radius 1 is 0.981 bits per heavy atom. The summed E-state index contributed by atoms with van der Waals surface area (Å²) in [6.07, 6.45) is 2.99. The number of carboxylic acids is 1. The maximum Gasteiger partial charge on any atom is 0.311 e. The summed E-state index contributed by atoms with van der Waals surface area (Å²) in [6.45, 7) is 5.27. The molecule has 0 saturated carbocycles. The molecule has 2 bridgehead atoms. The van der Waals surface area contributed by atoms with Crippen molar-refractivity contribution in [2.45, 2.75) is 164 Å². The van der Waals surface area contributed by atoms with Crippen LogP contribution in [0, 0.1) is 11.8 Å². The van der Waals surface area contributed by atoms with E-state index in [0.29, 0.717) is 12.8 Å². The second kappa shape index (κ2) is 22.0. The Balaban J connectivity index is 1.90. The molecule has 0 aromatic rings. The summed E-state index contributed by atoms with van der Waals surface area (Å²) in [7, 11) is 0. The van der Waals surface area contributed by atoms with Gasteiger partial charge in [0, 0.05) is 38.5 Å². The van der Waals surface area contributed by atoms with Crippen molar-refractivity contribution in [2.75, 3.05) is 0 Å². The summed E-state index contributed by atoms with van der Waals surface area (Å²) >= 11 is 0.